The first kappa shape index (κ1) is 13.8. The lowest BCUT2D eigenvalue weighted by Gasteiger charge is -2.14. The fraction of sp³-hybridized carbons (Fsp3) is 0.333. The highest BCUT2D eigenvalue weighted by atomic mass is 35.5. The summed E-state index contributed by atoms with van der Waals surface area (Å²) in [6.45, 7) is 5.02. The Hall–Kier alpha value is -1.61. The van der Waals surface area contributed by atoms with E-state index in [0.717, 1.165) is 24.6 Å². The molecule has 1 N–H and O–H groups in total. The summed E-state index contributed by atoms with van der Waals surface area (Å²) in [7, 11) is 0. The molecule has 0 fully saturated rings. The lowest BCUT2D eigenvalue weighted by atomic mass is 10.0. The maximum atomic E-state index is 5.97. The van der Waals surface area contributed by atoms with E-state index in [1.807, 2.05) is 13.0 Å². The van der Waals surface area contributed by atoms with Gasteiger partial charge in [-0.2, -0.15) is 0 Å². The Balaban J connectivity index is 2.01. The van der Waals surface area contributed by atoms with Crippen molar-refractivity contribution >= 4 is 17.4 Å². The van der Waals surface area contributed by atoms with Crippen molar-refractivity contribution in [2.24, 2.45) is 0 Å². The lowest BCUT2D eigenvalue weighted by Crippen LogP contribution is -2.11. The molecule has 1 atom stereocenters. The SMILES string of the molecule is CCc1nc(Cl)cc(NCC(C)c2ccccc2)n1. The minimum atomic E-state index is 0.417. The maximum absolute atomic E-state index is 5.97. The highest BCUT2D eigenvalue weighted by molar-refractivity contribution is 6.29. The number of aromatic nitrogens is 2. The zero-order valence-corrected chi connectivity index (χ0v) is 12.0. The van der Waals surface area contributed by atoms with Crippen LogP contribution in [-0.4, -0.2) is 16.5 Å². The summed E-state index contributed by atoms with van der Waals surface area (Å²) < 4.78 is 0. The van der Waals surface area contributed by atoms with Crippen LogP contribution in [-0.2, 0) is 6.42 Å². The van der Waals surface area contributed by atoms with Crippen molar-refractivity contribution in [3.05, 3.63) is 52.9 Å². The van der Waals surface area contributed by atoms with E-state index in [1.165, 1.54) is 5.56 Å². The zero-order chi connectivity index (χ0) is 13.7. The molecule has 0 radical (unpaired) electrons. The van der Waals surface area contributed by atoms with Crippen molar-refractivity contribution in [2.75, 3.05) is 11.9 Å². The summed E-state index contributed by atoms with van der Waals surface area (Å²) in [6, 6.07) is 12.2. The van der Waals surface area contributed by atoms with Crippen LogP contribution in [0.5, 0.6) is 0 Å². The third kappa shape index (κ3) is 3.93. The van der Waals surface area contributed by atoms with E-state index in [4.69, 9.17) is 11.6 Å². The molecule has 19 heavy (non-hydrogen) atoms. The topological polar surface area (TPSA) is 37.8 Å². The maximum Gasteiger partial charge on any atom is 0.134 e. The average molecular weight is 276 g/mol. The van der Waals surface area contributed by atoms with Gasteiger partial charge in [0.15, 0.2) is 0 Å². The molecule has 0 aliphatic heterocycles. The van der Waals surface area contributed by atoms with Crippen LogP contribution in [0.1, 0.15) is 31.2 Å². The van der Waals surface area contributed by atoms with E-state index < -0.39 is 0 Å². The first-order valence-electron chi connectivity index (χ1n) is 6.51. The second kappa shape index (κ2) is 6.53. The molecule has 0 bridgehead atoms. The van der Waals surface area contributed by atoms with Gasteiger partial charge in [-0.25, -0.2) is 9.97 Å². The van der Waals surface area contributed by atoms with Crippen molar-refractivity contribution in [1.82, 2.24) is 9.97 Å². The van der Waals surface area contributed by atoms with E-state index in [1.54, 1.807) is 6.07 Å². The Labute approximate surface area is 119 Å². The van der Waals surface area contributed by atoms with Crippen LogP contribution < -0.4 is 5.32 Å². The van der Waals surface area contributed by atoms with Gasteiger partial charge < -0.3 is 5.32 Å². The van der Waals surface area contributed by atoms with E-state index in [2.05, 4.69) is 46.5 Å². The quantitative estimate of drug-likeness (QED) is 0.841. The molecule has 0 amide bonds. The third-order valence-corrected chi connectivity index (χ3v) is 3.21. The van der Waals surface area contributed by atoms with E-state index in [-0.39, 0.29) is 0 Å². The van der Waals surface area contributed by atoms with Gasteiger partial charge in [-0.3, -0.25) is 0 Å². The number of hydrogen-bond donors (Lipinski definition) is 1. The summed E-state index contributed by atoms with van der Waals surface area (Å²) in [5.41, 5.74) is 1.31. The Morgan fingerprint density at radius 2 is 1.95 bits per heavy atom. The molecule has 1 unspecified atom stereocenters. The van der Waals surface area contributed by atoms with E-state index >= 15 is 0 Å². The Kier molecular flexibility index (Phi) is 4.74. The fourth-order valence-electron chi connectivity index (χ4n) is 1.87. The number of rotatable bonds is 5. The van der Waals surface area contributed by atoms with Crippen molar-refractivity contribution in [1.29, 1.82) is 0 Å². The van der Waals surface area contributed by atoms with Crippen LogP contribution >= 0.6 is 11.6 Å². The predicted molar refractivity (Wildman–Crippen MR) is 79.8 cm³/mol. The molecule has 2 rings (SSSR count). The average Bonchev–Trinajstić information content (AvgIpc) is 2.45. The monoisotopic (exact) mass is 275 g/mol. The normalized spacial score (nSPS) is 12.2. The summed E-state index contributed by atoms with van der Waals surface area (Å²) in [6.07, 6.45) is 0.781. The van der Waals surface area contributed by atoms with Gasteiger partial charge in [0, 0.05) is 19.0 Å². The second-order valence-electron chi connectivity index (χ2n) is 4.54. The molecular formula is C15H18ClN3. The van der Waals surface area contributed by atoms with Crippen LogP contribution in [0, 0.1) is 0 Å². The van der Waals surface area contributed by atoms with Gasteiger partial charge in [-0.05, 0) is 11.5 Å². The van der Waals surface area contributed by atoms with Crippen molar-refractivity contribution in [2.45, 2.75) is 26.2 Å². The minimum absolute atomic E-state index is 0.417. The number of anilines is 1. The zero-order valence-electron chi connectivity index (χ0n) is 11.2. The number of benzene rings is 1. The molecule has 1 aromatic carbocycles. The highest BCUT2D eigenvalue weighted by Gasteiger charge is 2.06. The number of aryl methyl sites for hydroxylation is 1. The Bertz CT molecular complexity index is 528. The lowest BCUT2D eigenvalue weighted by molar-refractivity contribution is 0.798. The summed E-state index contributed by atoms with van der Waals surface area (Å²) in [4.78, 5) is 8.56. The molecule has 3 nitrogen and oxygen atoms in total. The number of nitrogens with zero attached hydrogens (tertiary/aromatic N) is 2. The van der Waals surface area contributed by atoms with Crippen LogP contribution in [0.15, 0.2) is 36.4 Å². The largest absolute Gasteiger partial charge is 0.369 e. The molecule has 0 aliphatic rings. The smallest absolute Gasteiger partial charge is 0.134 e. The van der Waals surface area contributed by atoms with Crippen LogP contribution in [0.25, 0.3) is 0 Å². The second-order valence-corrected chi connectivity index (χ2v) is 4.93. The van der Waals surface area contributed by atoms with Crippen LogP contribution in [0.4, 0.5) is 5.82 Å². The predicted octanol–water partition coefficient (Wildman–Crippen LogP) is 3.91. The molecular weight excluding hydrogens is 258 g/mol. The number of halogens is 1. The summed E-state index contributed by atoms with van der Waals surface area (Å²) in [5, 5.41) is 3.81. The van der Waals surface area contributed by atoms with E-state index in [9.17, 15) is 0 Å². The number of nitrogens with one attached hydrogen (secondary N) is 1. The first-order valence-corrected chi connectivity index (χ1v) is 6.89. The van der Waals surface area contributed by atoms with Crippen molar-refractivity contribution in [3.8, 4) is 0 Å². The third-order valence-electron chi connectivity index (χ3n) is 3.02. The van der Waals surface area contributed by atoms with Crippen molar-refractivity contribution < 1.29 is 0 Å². The minimum Gasteiger partial charge on any atom is -0.369 e. The fourth-order valence-corrected chi connectivity index (χ4v) is 2.07. The summed E-state index contributed by atoms with van der Waals surface area (Å²) in [5.74, 6) is 1.97. The van der Waals surface area contributed by atoms with Crippen molar-refractivity contribution in [3.63, 3.8) is 0 Å². The van der Waals surface area contributed by atoms with Crippen LogP contribution in [0.3, 0.4) is 0 Å². The first-order chi connectivity index (χ1) is 9.19. The van der Waals surface area contributed by atoms with Gasteiger partial charge in [0.05, 0.1) is 0 Å². The van der Waals surface area contributed by atoms with Gasteiger partial charge in [0.1, 0.15) is 16.8 Å². The molecule has 0 spiro atoms. The molecule has 1 heterocycles. The molecule has 0 saturated heterocycles. The van der Waals surface area contributed by atoms with Crippen LogP contribution in [0.2, 0.25) is 5.15 Å². The molecule has 0 aliphatic carbocycles. The van der Waals surface area contributed by atoms with E-state index in [0.29, 0.717) is 11.1 Å². The Morgan fingerprint density at radius 1 is 1.21 bits per heavy atom. The summed E-state index contributed by atoms with van der Waals surface area (Å²) >= 11 is 5.97. The number of hydrogen-bond acceptors (Lipinski definition) is 3. The van der Waals surface area contributed by atoms with Gasteiger partial charge in [0.25, 0.3) is 0 Å². The molecule has 1 aromatic heterocycles. The standard InChI is InChI=1S/C15H18ClN3/c1-3-14-18-13(16)9-15(19-14)17-10-11(2)12-7-5-4-6-8-12/h4-9,11H,3,10H2,1-2H3,(H,17,18,19). The van der Waals surface area contributed by atoms with Gasteiger partial charge in [0.2, 0.25) is 0 Å². The van der Waals surface area contributed by atoms with Gasteiger partial charge in [-0.15, -0.1) is 0 Å². The molecule has 4 heteroatoms. The molecule has 100 valence electrons. The highest BCUT2D eigenvalue weighted by Crippen LogP contribution is 2.17. The van der Waals surface area contributed by atoms with Gasteiger partial charge in [-0.1, -0.05) is 55.8 Å². The molecule has 0 saturated carbocycles. The Morgan fingerprint density at radius 3 is 2.63 bits per heavy atom. The van der Waals surface area contributed by atoms with Gasteiger partial charge >= 0.3 is 0 Å². The molecule has 2 aromatic rings.